The molecule has 8 heteroatoms. The molecule has 4 N–H and O–H groups in total. The van der Waals surface area contributed by atoms with Crippen LogP contribution in [0.5, 0.6) is 0 Å². The number of nitrogens with two attached hydrogens (primary N) is 1. The molecule has 3 aromatic rings. The van der Waals surface area contributed by atoms with E-state index in [2.05, 4.69) is 15.3 Å². The number of rotatable bonds is 3. The van der Waals surface area contributed by atoms with Gasteiger partial charge in [-0.1, -0.05) is 19.9 Å². The molecule has 26 heavy (non-hydrogen) atoms. The largest absolute Gasteiger partial charge is 0.397 e. The molecule has 2 aromatic heterocycles. The minimum atomic E-state index is -0.708. The van der Waals surface area contributed by atoms with E-state index in [4.69, 9.17) is 10.8 Å². The normalized spacial score (nSPS) is 9.62. The molecule has 7 nitrogen and oxygen atoms in total. The number of carbonyl (C=O) groups is 1. The van der Waals surface area contributed by atoms with E-state index in [0.717, 1.165) is 5.56 Å². The number of fused-ring (bicyclic) bond motifs is 1. The van der Waals surface area contributed by atoms with Crippen molar-refractivity contribution in [3.63, 3.8) is 0 Å². The lowest BCUT2D eigenvalue weighted by Crippen LogP contribution is -2.17. The predicted octanol–water partition coefficient (Wildman–Crippen LogP) is 3.54. The van der Waals surface area contributed by atoms with Gasteiger partial charge in [0.25, 0.3) is 5.91 Å². The van der Waals surface area contributed by atoms with Gasteiger partial charge >= 0.3 is 0 Å². The van der Waals surface area contributed by atoms with Crippen molar-refractivity contribution < 1.29 is 17.1 Å². The molecule has 0 saturated heterocycles. The van der Waals surface area contributed by atoms with Crippen molar-refractivity contribution in [1.29, 1.82) is 0 Å². The van der Waals surface area contributed by atoms with Gasteiger partial charge in [-0.05, 0) is 31.5 Å². The minimum Gasteiger partial charge on any atom is -0.397 e. The Balaban J connectivity index is 0. The van der Waals surface area contributed by atoms with Crippen molar-refractivity contribution in [1.82, 2.24) is 14.4 Å². The van der Waals surface area contributed by atoms with Crippen LogP contribution in [0.15, 0.2) is 36.9 Å². The number of hydrogen-bond acceptors (Lipinski definition) is 5. The fourth-order valence-corrected chi connectivity index (χ4v) is 2.04. The first-order chi connectivity index (χ1) is 12.5. The first-order valence-corrected chi connectivity index (χ1v) is 8.22. The topological polar surface area (TPSA) is 106 Å². The molecule has 0 fully saturated rings. The molecule has 0 bridgehead atoms. The van der Waals surface area contributed by atoms with E-state index >= 15 is 0 Å². The van der Waals surface area contributed by atoms with Crippen molar-refractivity contribution in [3.05, 3.63) is 54.0 Å². The summed E-state index contributed by atoms with van der Waals surface area (Å²) >= 11 is 0. The third-order valence-corrected chi connectivity index (χ3v) is 3.07. The highest BCUT2D eigenvalue weighted by molar-refractivity contribution is 5.96. The van der Waals surface area contributed by atoms with Crippen LogP contribution < -0.4 is 11.1 Å². The number of anilines is 2. The summed E-state index contributed by atoms with van der Waals surface area (Å²) in [5.41, 5.74) is 7.02. The van der Waals surface area contributed by atoms with Crippen molar-refractivity contribution in [2.24, 2.45) is 5.73 Å². The number of benzene rings is 1. The summed E-state index contributed by atoms with van der Waals surface area (Å²) in [4.78, 5) is 19.5. The van der Waals surface area contributed by atoms with E-state index in [1.807, 2.05) is 13.8 Å². The maximum atomic E-state index is 14.0. The fourth-order valence-electron chi connectivity index (χ4n) is 2.04. The molecule has 1 aromatic carbocycles. The Morgan fingerprint density at radius 2 is 2.04 bits per heavy atom. The third kappa shape index (κ3) is 5.00. The van der Waals surface area contributed by atoms with Gasteiger partial charge in [-0.3, -0.25) is 9.20 Å². The highest BCUT2D eigenvalue weighted by Gasteiger charge is 2.15. The average molecular weight is 365 g/mol. The number of aromatic nitrogens is 3. The number of aliphatic hydroxyl groups excluding tert-OH is 1. The highest BCUT2D eigenvalue weighted by atomic mass is 19.1. The number of hydrogen-bond donors (Lipinski definition) is 3. The zero-order valence-electron chi connectivity index (χ0n) is 15.3. The van der Waals surface area contributed by atoms with E-state index in [1.165, 1.54) is 18.6 Å². The number of aryl methyl sites for hydroxylation is 1. The van der Waals surface area contributed by atoms with Crippen molar-refractivity contribution in [3.8, 4) is 0 Å². The molecule has 0 spiro atoms. The smallest absolute Gasteiger partial charge is 0.271 e. The van der Waals surface area contributed by atoms with Crippen LogP contribution in [0, 0.1) is 12.7 Å². The Morgan fingerprint density at radius 3 is 2.62 bits per heavy atom. The van der Waals surface area contributed by atoms with Gasteiger partial charge in [0.2, 0.25) is 0 Å². The second kappa shape index (κ2) is 10.1. The second-order valence-electron chi connectivity index (χ2n) is 4.93. The minimum absolute atomic E-state index is 0. The maximum absolute atomic E-state index is 14.0. The van der Waals surface area contributed by atoms with Gasteiger partial charge in [-0.25, -0.2) is 14.4 Å². The van der Waals surface area contributed by atoms with Crippen LogP contribution in [0.25, 0.3) is 5.52 Å². The standard InChI is InChI=1S/C14H12FN5O.C2H6O.C2H6.2H2/c1-8-2-3-11(10(15)4-8)19-14-12(13(16)21)18-6-9-5-17-7-20(9)14;1-2-3;1-2;;/h2-7,19H,1H3,(H2,16,21);3H,2H2,1H3;1-2H3;2*1H. The van der Waals surface area contributed by atoms with E-state index in [9.17, 15) is 9.18 Å². The van der Waals surface area contributed by atoms with Crippen LogP contribution >= 0.6 is 0 Å². The predicted molar refractivity (Wildman–Crippen MR) is 104 cm³/mol. The van der Waals surface area contributed by atoms with Crippen LogP contribution in [-0.2, 0) is 0 Å². The quantitative estimate of drug-likeness (QED) is 0.658. The Labute approximate surface area is 154 Å². The number of nitrogens with one attached hydrogen (secondary N) is 1. The van der Waals surface area contributed by atoms with Gasteiger partial charge in [0.1, 0.15) is 18.0 Å². The summed E-state index contributed by atoms with van der Waals surface area (Å²) in [5.74, 6) is -0.858. The zero-order valence-corrected chi connectivity index (χ0v) is 15.3. The summed E-state index contributed by atoms with van der Waals surface area (Å²) < 4.78 is 15.6. The average Bonchev–Trinajstić information content (AvgIpc) is 3.09. The van der Waals surface area contributed by atoms with Crippen molar-refractivity contribution in [2.75, 3.05) is 11.9 Å². The van der Waals surface area contributed by atoms with E-state index in [0.29, 0.717) is 5.52 Å². The van der Waals surface area contributed by atoms with Crippen molar-refractivity contribution in [2.45, 2.75) is 27.7 Å². The molecule has 0 radical (unpaired) electrons. The van der Waals surface area contributed by atoms with Crippen LogP contribution in [0.4, 0.5) is 15.9 Å². The van der Waals surface area contributed by atoms with Crippen LogP contribution in [-0.4, -0.2) is 32.0 Å². The lowest BCUT2D eigenvalue weighted by atomic mass is 10.2. The van der Waals surface area contributed by atoms with Gasteiger partial charge in [0.05, 0.1) is 23.6 Å². The lowest BCUT2D eigenvalue weighted by Gasteiger charge is -2.12. The van der Waals surface area contributed by atoms with Gasteiger partial charge < -0.3 is 16.2 Å². The fraction of sp³-hybridized carbons (Fsp3) is 0.278. The summed E-state index contributed by atoms with van der Waals surface area (Å²) in [5, 5.41) is 10.4. The second-order valence-corrected chi connectivity index (χ2v) is 4.93. The van der Waals surface area contributed by atoms with E-state index < -0.39 is 11.7 Å². The molecule has 0 aliphatic heterocycles. The van der Waals surface area contributed by atoms with Gasteiger partial charge in [0.15, 0.2) is 5.69 Å². The number of imidazole rings is 1. The highest BCUT2D eigenvalue weighted by Crippen LogP contribution is 2.23. The lowest BCUT2D eigenvalue weighted by molar-refractivity contribution is 0.0996. The Morgan fingerprint density at radius 1 is 1.38 bits per heavy atom. The number of nitrogens with zero attached hydrogens (tertiary/aromatic N) is 3. The number of carbonyl (C=O) groups excluding carboxylic acids is 1. The summed E-state index contributed by atoms with van der Waals surface area (Å²) in [6.07, 6.45) is 4.55. The molecule has 0 aliphatic rings. The molecule has 0 atom stereocenters. The Bertz CT molecular complexity index is 874. The first-order valence-electron chi connectivity index (χ1n) is 8.22. The third-order valence-electron chi connectivity index (χ3n) is 3.07. The number of amides is 1. The molecular formula is C18H28FN5O2. The Kier molecular flexibility index (Phi) is 8.17. The molecule has 2 heterocycles. The van der Waals surface area contributed by atoms with Crippen LogP contribution in [0.1, 0.15) is 39.7 Å². The molecular weight excluding hydrogens is 337 g/mol. The number of halogens is 1. The first kappa shape index (κ1) is 21.0. The number of primary amides is 1. The van der Waals surface area contributed by atoms with Gasteiger partial charge in [-0.15, -0.1) is 0 Å². The van der Waals surface area contributed by atoms with Crippen LogP contribution in [0.2, 0.25) is 0 Å². The summed E-state index contributed by atoms with van der Waals surface area (Å²) in [6, 6.07) is 4.75. The van der Waals surface area contributed by atoms with Crippen LogP contribution in [0.3, 0.4) is 0 Å². The van der Waals surface area contributed by atoms with Gasteiger partial charge in [0, 0.05) is 9.46 Å². The monoisotopic (exact) mass is 365 g/mol. The molecule has 3 rings (SSSR count). The van der Waals surface area contributed by atoms with E-state index in [1.54, 1.807) is 36.6 Å². The molecule has 144 valence electrons. The summed E-state index contributed by atoms with van der Waals surface area (Å²) in [7, 11) is 0. The van der Waals surface area contributed by atoms with Gasteiger partial charge in [-0.2, -0.15) is 0 Å². The number of aliphatic hydroxyl groups is 1. The van der Waals surface area contributed by atoms with E-state index in [-0.39, 0.29) is 26.7 Å². The SMILES string of the molecule is CC.CCO.Cc1ccc(Nc2c(C(N)=O)ncc3cncn23)c(F)c1.[HH].[HH]. The molecule has 0 aliphatic carbocycles. The Hall–Kier alpha value is -3.00. The summed E-state index contributed by atoms with van der Waals surface area (Å²) in [6.45, 7) is 7.72. The van der Waals surface area contributed by atoms with Crippen molar-refractivity contribution >= 4 is 22.9 Å². The zero-order chi connectivity index (χ0) is 19.7. The molecule has 0 saturated carbocycles. The molecule has 1 amide bonds. The molecule has 0 unspecified atom stereocenters. The maximum Gasteiger partial charge on any atom is 0.271 e.